The Hall–Kier alpha value is -2.06. The van der Waals surface area contributed by atoms with Crippen LogP contribution in [-0.2, 0) is 18.4 Å². The lowest BCUT2D eigenvalue weighted by Crippen LogP contribution is -2.46. The van der Waals surface area contributed by atoms with Crippen LogP contribution in [0.1, 0.15) is 264 Å². The molecule has 0 aromatic carbocycles. The molecule has 0 spiro atoms. The topological polar surface area (TPSA) is 108 Å². The van der Waals surface area contributed by atoms with Crippen LogP contribution in [0.2, 0.25) is 0 Å². The van der Waals surface area contributed by atoms with E-state index in [4.69, 9.17) is 9.05 Å². The van der Waals surface area contributed by atoms with Crippen molar-refractivity contribution in [1.29, 1.82) is 0 Å². The number of nitrogens with one attached hydrogen (secondary N) is 1. The van der Waals surface area contributed by atoms with E-state index in [2.05, 4.69) is 79.9 Å². The maximum atomic E-state index is 12.9. The van der Waals surface area contributed by atoms with Gasteiger partial charge in [-0.2, -0.15) is 0 Å². The molecule has 71 heavy (non-hydrogen) atoms. The third kappa shape index (κ3) is 55.5. The smallest absolute Gasteiger partial charge is 0.268 e. The van der Waals surface area contributed by atoms with E-state index in [9.17, 15) is 19.4 Å². The van der Waals surface area contributed by atoms with E-state index < -0.39 is 20.0 Å². The molecule has 0 aromatic rings. The number of rotatable bonds is 54. The zero-order valence-corrected chi connectivity index (χ0v) is 48.1. The van der Waals surface area contributed by atoms with Gasteiger partial charge in [-0.15, -0.1) is 0 Å². The molecule has 9 heteroatoms. The lowest BCUT2D eigenvalue weighted by molar-refractivity contribution is -0.870. The summed E-state index contributed by atoms with van der Waals surface area (Å²) in [6, 6.07) is -0.847. The van der Waals surface area contributed by atoms with Gasteiger partial charge in [0.2, 0.25) is 5.91 Å². The fourth-order valence-electron chi connectivity index (χ4n) is 8.59. The molecule has 0 aromatic heterocycles. The normalized spacial score (nSPS) is 14.4. The standard InChI is InChI=1S/C62H115N2O6P/c1-6-8-10-12-14-16-18-20-22-24-26-27-28-29-30-31-32-33-34-35-36-38-39-41-43-45-47-49-51-53-55-61(65)60(59-70-71(67,68)69-58-57-64(3,4)5)63-62(66)56-54-52-50-48-46-44-42-40-37-25-23-21-19-17-15-13-11-9-7-2/h9,11,15,17,21,23,37,40,44,46,50,52,60-61,65H,6-8,10,12-14,16,18-20,22,24-36,38-39,41-43,45,47-49,51,53-59H2,1-5H3,(H-,63,66,67,68)/b11-9-,17-15-,23-21-,40-37-,46-44-,52-50-. The van der Waals surface area contributed by atoms with Crippen molar-refractivity contribution >= 4 is 13.7 Å². The molecule has 3 atom stereocenters. The predicted octanol–water partition coefficient (Wildman–Crippen LogP) is 17.6. The highest BCUT2D eigenvalue weighted by molar-refractivity contribution is 7.45. The quantitative estimate of drug-likeness (QED) is 0.0272. The van der Waals surface area contributed by atoms with Crippen LogP contribution >= 0.6 is 7.82 Å². The molecule has 0 radical (unpaired) electrons. The van der Waals surface area contributed by atoms with Gasteiger partial charge < -0.3 is 28.8 Å². The number of nitrogens with zero attached hydrogens (tertiary/aromatic N) is 1. The predicted molar refractivity (Wildman–Crippen MR) is 307 cm³/mol. The van der Waals surface area contributed by atoms with E-state index in [0.717, 1.165) is 57.8 Å². The van der Waals surface area contributed by atoms with E-state index in [1.165, 1.54) is 173 Å². The first-order valence-electron chi connectivity index (χ1n) is 29.8. The number of aliphatic hydroxyl groups is 1. The molecule has 0 saturated carbocycles. The van der Waals surface area contributed by atoms with Gasteiger partial charge in [0.1, 0.15) is 13.2 Å². The summed E-state index contributed by atoms with van der Waals surface area (Å²) in [5.41, 5.74) is 0. The average molecular weight is 1020 g/mol. The van der Waals surface area contributed by atoms with Crippen molar-refractivity contribution < 1.29 is 32.9 Å². The summed E-state index contributed by atoms with van der Waals surface area (Å²) in [5, 5.41) is 14.0. The molecular weight excluding hydrogens is 900 g/mol. The van der Waals surface area contributed by atoms with Crippen molar-refractivity contribution in [3.63, 3.8) is 0 Å². The van der Waals surface area contributed by atoms with Gasteiger partial charge in [-0.1, -0.05) is 279 Å². The second kappa shape index (κ2) is 52.8. The molecule has 2 N–H and O–H groups in total. The summed E-state index contributed by atoms with van der Waals surface area (Å²) in [4.78, 5) is 25.5. The summed E-state index contributed by atoms with van der Waals surface area (Å²) in [6.07, 6.45) is 72.6. The molecule has 1 amide bonds. The van der Waals surface area contributed by atoms with Crippen molar-refractivity contribution in [3.05, 3.63) is 72.9 Å². The van der Waals surface area contributed by atoms with E-state index >= 15 is 0 Å². The maximum absolute atomic E-state index is 12.9. The van der Waals surface area contributed by atoms with Crippen LogP contribution in [0, 0.1) is 0 Å². The van der Waals surface area contributed by atoms with Crippen LogP contribution in [0.25, 0.3) is 0 Å². The van der Waals surface area contributed by atoms with Gasteiger partial charge in [0, 0.05) is 6.42 Å². The van der Waals surface area contributed by atoms with Crippen LogP contribution in [0.4, 0.5) is 0 Å². The van der Waals surface area contributed by atoms with Crippen molar-refractivity contribution in [2.45, 2.75) is 276 Å². The molecule has 0 saturated heterocycles. The number of phosphoric ester groups is 1. The Kier molecular flexibility index (Phi) is 51.3. The number of hydrogen-bond donors (Lipinski definition) is 2. The Bertz CT molecular complexity index is 1380. The number of amides is 1. The first-order valence-corrected chi connectivity index (χ1v) is 31.2. The number of quaternary nitrogens is 1. The second-order valence-electron chi connectivity index (χ2n) is 21.3. The third-order valence-corrected chi connectivity index (χ3v) is 14.2. The van der Waals surface area contributed by atoms with E-state index in [0.29, 0.717) is 23.9 Å². The van der Waals surface area contributed by atoms with E-state index in [1.54, 1.807) is 0 Å². The molecule has 0 fully saturated rings. The number of carbonyl (C=O) groups excluding carboxylic acids is 1. The van der Waals surface area contributed by atoms with Crippen LogP contribution in [0.5, 0.6) is 0 Å². The van der Waals surface area contributed by atoms with Crippen molar-refractivity contribution in [1.82, 2.24) is 5.32 Å². The fraction of sp³-hybridized carbons (Fsp3) is 0.790. The molecular formula is C62H115N2O6P. The summed E-state index contributed by atoms with van der Waals surface area (Å²) in [5.74, 6) is -0.246. The minimum absolute atomic E-state index is 0.00448. The highest BCUT2D eigenvalue weighted by Gasteiger charge is 2.24. The molecule has 0 aliphatic rings. The Morgan fingerprint density at radius 1 is 0.507 bits per heavy atom. The van der Waals surface area contributed by atoms with Gasteiger partial charge in [0.05, 0.1) is 39.9 Å². The van der Waals surface area contributed by atoms with Gasteiger partial charge in [-0.3, -0.25) is 9.36 Å². The number of aliphatic hydroxyl groups excluding tert-OH is 1. The summed E-state index contributed by atoms with van der Waals surface area (Å²) < 4.78 is 23.4. The van der Waals surface area contributed by atoms with Crippen molar-refractivity contribution in [3.8, 4) is 0 Å². The van der Waals surface area contributed by atoms with Crippen LogP contribution in [0.3, 0.4) is 0 Å². The lowest BCUT2D eigenvalue weighted by Gasteiger charge is -2.30. The van der Waals surface area contributed by atoms with Crippen LogP contribution in [-0.4, -0.2) is 68.5 Å². The molecule has 0 heterocycles. The molecule has 0 aliphatic carbocycles. The van der Waals surface area contributed by atoms with Gasteiger partial charge in [-0.05, 0) is 51.4 Å². The Labute approximate surface area is 440 Å². The molecule has 0 aliphatic heterocycles. The highest BCUT2D eigenvalue weighted by atomic mass is 31.2. The van der Waals surface area contributed by atoms with Gasteiger partial charge in [0.15, 0.2) is 0 Å². The third-order valence-electron chi connectivity index (χ3n) is 13.2. The summed E-state index contributed by atoms with van der Waals surface area (Å²) >= 11 is 0. The molecule has 0 rings (SSSR count). The van der Waals surface area contributed by atoms with Crippen LogP contribution in [0.15, 0.2) is 72.9 Å². The molecule has 3 unspecified atom stereocenters. The first-order chi connectivity index (χ1) is 34.5. The second-order valence-corrected chi connectivity index (χ2v) is 22.7. The Morgan fingerprint density at radius 2 is 0.831 bits per heavy atom. The molecule has 8 nitrogen and oxygen atoms in total. The lowest BCUT2D eigenvalue weighted by atomic mass is 10.0. The summed E-state index contributed by atoms with van der Waals surface area (Å²) in [7, 11) is 1.26. The zero-order valence-electron chi connectivity index (χ0n) is 47.2. The number of likely N-dealkylation sites (N-methyl/N-ethyl adjacent to an activating group) is 1. The zero-order chi connectivity index (χ0) is 52.0. The molecule has 414 valence electrons. The largest absolute Gasteiger partial charge is 0.756 e. The highest BCUT2D eigenvalue weighted by Crippen LogP contribution is 2.38. The Balaban J connectivity index is 4.17. The first kappa shape index (κ1) is 68.9. The van der Waals surface area contributed by atoms with E-state index in [-0.39, 0.29) is 25.5 Å². The van der Waals surface area contributed by atoms with Gasteiger partial charge >= 0.3 is 0 Å². The molecule has 0 bridgehead atoms. The minimum Gasteiger partial charge on any atom is -0.756 e. The fourth-order valence-corrected chi connectivity index (χ4v) is 9.32. The monoisotopic (exact) mass is 1010 g/mol. The maximum Gasteiger partial charge on any atom is 0.268 e. The Morgan fingerprint density at radius 3 is 1.17 bits per heavy atom. The van der Waals surface area contributed by atoms with Crippen LogP contribution < -0.4 is 10.2 Å². The number of hydrogen-bond acceptors (Lipinski definition) is 6. The van der Waals surface area contributed by atoms with Gasteiger partial charge in [0.25, 0.3) is 7.82 Å². The minimum atomic E-state index is -4.60. The van der Waals surface area contributed by atoms with Crippen molar-refractivity contribution in [2.24, 2.45) is 0 Å². The van der Waals surface area contributed by atoms with Gasteiger partial charge in [-0.25, -0.2) is 0 Å². The number of phosphoric acid groups is 1. The van der Waals surface area contributed by atoms with E-state index in [1.807, 2.05) is 33.3 Å². The number of unbranched alkanes of at least 4 members (excludes halogenated alkanes) is 29. The number of carbonyl (C=O) groups is 1. The summed E-state index contributed by atoms with van der Waals surface area (Å²) in [6.45, 7) is 4.57. The SMILES string of the molecule is CC/C=C\C/C=C\C/C=C\C/C=C\C/C=C\C/C=C\CCC(=O)NC(COP(=O)([O-])OCC[N+](C)(C)C)C(O)CCCCCCCCCCCCCCCCCCCCCCCCCCCCCCCC. The number of allylic oxidation sites excluding steroid dienone is 12. The van der Waals surface area contributed by atoms with Crippen molar-refractivity contribution in [2.75, 3.05) is 40.9 Å². The average Bonchev–Trinajstić information content (AvgIpc) is 3.33.